The van der Waals surface area contributed by atoms with E-state index in [1.165, 1.54) is 30.4 Å². The van der Waals surface area contributed by atoms with Crippen molar-refractivity contribution < 1.29 is 0 Å². The van der Waals surface area contributed by atoms with E-state index >= 15 is 0 Å². The second-order valence-electron chi connectivity index (χ2n) is 5.08. The molecule has 0 aromatic heterocycles. The first-order valence-corrected chi connectivity index (χ1v) is 6.95. The number of hydrogen-bond donors (Lipinski definition) is 2. The van der Waals surface area contributed by atoms with Crippen LogP contribution in [0.1, 0.15) is 29.9 Å². The topological polar surface area (TPSA) is 24.1 Å². The summed E-state index contributed by atoms with van der Waals surface area (Å²) >= 11 is 6.41. The highest BCUT2D eigenvalue weighted by Crippen LogP contribution is 2.38. The zero-order valence-electron chi connectivity index (χ0n) is 10.0. The van der Waals surface area contributed by atoms with Gasteiger partial charge in [0.15, 0.2) is 0 Å². The molecule has 1 saturated heterocycles. The van der Waals surface area contributed by atoms with Crippen molar-refractivity contribution in [3.05, 3.63) is 34.3 Å². The Morgan fingerprint density at radius 2 is 2.18 bits per heavy atom. The standard InChI is InChI=1S/C14H19ClN2/c15-12-6-2-4-10-3-1-5-11(14(10)12)13-9-16-7-8-17-13/h2,4,6,11,13,16-17H,1,3,5,7-9H2. The molecule has 92 valence electrons. The summed E-state index contributed by atoms with van der Waals surface area (Å²) in [4.78, 5) is 0. The van der Waals surface area contributed by atoms with E-state index in [0.29, 0.717) is 12.0 Å². The first-order valence-electron chi connectivity index (χ1n) is 6.57. The fraction of sp³-hybridized carbons (Fsp3) is 0.571. The molecule has 2 nitrogen and oxygen atoms in total. The number of hydrogen-bond acceptors (Lipinski definition) is 2. The first-order chi connectivity index (χ1) is 8.36. The maximum Gasteiger partial charge on any atom is 0.0444 e. The largest absolute Gasteiger partial charge is 0.314 e. The van der Waals surface area contributed by atoms with Crippen LogP contribution in [-0.4, -0.2) is 25.7 Å². The maximum atomic E-state index is 6.41. The minimum absolute atomic E-state index is 0.544. The van der Waals surface area contributed by atoms with Crippen molar-refractivity contribution in [2.75, 3.05) is 19.6 Å². The molecule has 0 radical (unpaired) electrons. The third-order valence-electron chi connectivity index (χ3n) is 4.03. The lowest BCUT2D eigenvalue weighted by molar-refractivity contribution is 0.341. The predicted octanol–water partition coefficient (Wildman–Crippen LogP) is 2.32. The summed E-state index contributed by atoms with van der Waals surface area (Å²) in [5, 5.41) is 8.07. The smallest absolute Gasteiger partial charge is 0.0444 e. The number of aryl methyl sites for hydroxylation is 1. The van der Waals surface area contributed by atoms with Crippen LogP contribution in [0.5, 0.6) is 0 Å². The van der Waals surface area contributed by atoms with Gasteiger partial charge in [0.05, 0.1) is 0 Å². The van der Waals surface area contributed by atoms with E-state index in [4.69, 9.17) is 11.6 Å². The number of piperazine rings is 1. The molecule has 0 amide bonds. The van der Waals surface area contributed by atoms with Gasteiger partial charge < -0.3 is 10.6 Å². The van der Waals surface area contributed by atoms with E-state index in [1.807, 2.05) is 6.07 Å². The fourth-order valence-corrected chi connectivity index (χ4v) is 3.57. The molecule has 1 aliphatic carbocycles. The van der Waals surface area contributed by atoms with Gasteiger partial charge in [-0.05, 0) is 36.5 Å². The van der Waals surface area contributed by atoms with Crippen LogP contribution in [0.2, 0.25) is 5.02 Å². The van der Waals surface area contributed by atoms with Crippen LogP contribution in [0.3, 0.4) is 0 Å². The zero-order valence-corrected chi connectivity index (χ0v) is 10.8. The molecule has 2 unspecified atom stereocenters. The lowest BCUT2D eigenvalue weighted by Gasteiger charge is -2.36. The van der Waals surface area contributed by atoms with Gasteiger partial charge >= 0.3 is 0 Å². The molecule has 2 N–H and O–H groups in total. The molecule has 1 aromatic rings. The van der Waals surface area contributed by atoms with Crippen LogP contribution >= 0.6 is 11.6 Å². The molecule has 1 heterocycles. The summed E-state index contributed by atoms with van der Waals surface area (Å²) in [7, 11) is 0. The molecule has 0 bridgehead atoms. The van der Waals surface area contributed by atoms with E-state index in [2.05, 4.69) is 22.8 Å². The lowest BCUT2D eigenvalue weighted by atomic mass is 9.78. The van der Waals surface area contributed by atoms with Gasteiger partial charge in [0.2, 0.25) is 0 Å². The normalized spacial score (nSPS) is 28.8. The van der Waals surface area contributed by atoms with E-state index in [0.717, 1.165) is 24.7 Å². The maximum absolute atomic E-state index is 6.41. The van der Waals surface area contributed by atoms with Crippen LogP contribution in [0.4, 0.5) is 0 Å². The summed E-state index contributed by atoms with van der Waals surface area (Å²) in [6.07, 6.45) is 3.73. The Morgan fingerprint density at radius 1 is 1.24 bits per heavy atom. The van der Waals surface area contributed by atoms with E-state index < -0.39 is 0 Å². The van der Waals surface area contributed by atoms with Crippen molar-refractivity contribution in [1.29, 1.82) is 0 Å². The monoisotopic (exact) mass is 250 g/mol. The Morgan fingerprint density at radius 3 is 3.00 bits per heavy atom. The second kappa shape index (κ2) is 4.97. The molecule has 2 aliphatic rings. The second-order valence-corrected chi connectivity index (χ2v) is 5.48. The third-order valence-corrected chi connectivity index (χ3v) is 4.36. The molecular formula is C14H19ClN2. The average molecular weight is 251 g/mol. The number of benzene rings is 1. The van der Waals surface area contributed by atoms with Gasteiger partial charge in [-0.2, -0.15) is 0 Å². The fourth-order valence-electron chi connectivity index (χ4n) is 3.23. The van der Waals surface area contributed by atoms with E-state index in [-0.39, 0.29) is 0 Å². The summed E-state index contributed by atoms with van der Waals surface area (Å²) in [6, 6.07) is 6.90. The molecule has 3 heteroatoms. The van der Waals surface area contributed by atoms with Gasteiger partial charge in [0.25, 0.3) is 0 Å². The highest BCUT2D eigenvalue weighted by atomic mass is 35.5. The van der Waals surface area contributed by atoms with Gasteiger partial charge in [0, 0.05) is 36.6 Å². The number of halogens is 1. The molecule has 1 aliphatic heterocycles. The number of rotatable bonds is 1. The average Bonchev–Trinajstić information content (AvgIpc) is 2.39. The van der Waals surface area contributed by atoms with Gasteiger partial charge in [-0.1, -0.05) is 23.7 Å². The van der Waals surface area contributed by atoms with Gasteiger partial charge in [-0.25, -0.2) is 0 Å². The number of nitrogens with one attached hydrogen (secondary N) is 2. The molecular weight excluding hydrogens is 232 g/mol. The third kappa shape index (κ3) is 2.22. The summed E-state index contributed by atoms with van der Waals surface area (Å²) in [5.74, 6) is 0.584. The van der Waals surface area contributed by atoms with Crippen molar-refractivity contribution in [2.24, 2.45) is 0 Å². The molecule has 1 fully saturated rings. The van der Waals surface area contributed by atoms with Crippen LogP contribution in [0.25, 0.3) is 0 Å². The highest BCUT2D eigenvalue weighted by molar-refractivity contribution is 6.31. The Labute approximate surface area is 108 Å². The van der Waals surface area contributed by atoms with Crippen molar-refractivity contribution in [3.63, 3.8) is 0 Å². The minimum atomic E-state index is 0.544. The van der Waals surface area contributed by atoms with Gasteiger partial charge in [-0.15, -0.1) is 0 Å². The minimum Gasteiger partial charge on any atom is -0.314 e. The predicted molar refractivity (Wildman–Crippen MR) is 71.8 cm³/mol. The Hall–Kier alpha value is -0.570. The van der Waals surface area contributed by atoms with Crippen molar-refractivity contribution in [2.45, 2.75) is 31.2 Å². The van der Waals surface area contributed by atoms with Crippen molar-refractivity contribution in [1.82, 2.24) is 10.6 Å². The van der Waals surface area contributed by atoms with Crippen molar-refractivity contribution in [3.8, 4) is 0 Å². The summed E-state index contributed by atoms with van der Waals surface area (Å²) in [6.45, 7) is 3.22. The lowest BCUT2D eigenvalue weighted by Crippen LogP contribution is -2.51. The van der Waals surface area contributed by atoms with E-state index in [9.17, 15) is 0 Å². The Balaban J connectivity index is 1.92. The molecule has 0 saturated carbocycles. The molecule has 0 spiro atoms. The van der Waals surface area contributed by atoms with Gasteiger partial charge in [-0.3, -0.25) is 0 Å². The number of fused-ring (bicyclic) bond motifs is 1. The van der Waals surface area contributed by atoms with Gasteiger partial charge in [0.1, 0.15) is 0 Å². The molecule has 3 rings (SSSR count). The molecule has 1 aromatic carbocycles. The molecule has 17 heavy (non-hydrogen) atoms. The van der Waals surface area contributed by atoms with Crippen molar-refractivity contribution >= 4 is 11.6 Å². The Bertz CT molecular complexity index is 399. The van der Waals surface area contributed by atoms with Crippen LogP contribution in [0.15, 0.2) is 18.2 Å². The van der Waals surface area contributed by atoms with Crippen LogP contribution in [0, 0.1) is 0 Å². The Kier molecular flexibility index (Phi) is 3.37. The first kappa shape index (κ1) is 11.5. The van der Waals surface area contributed by atoms with Crippen LogP contribution < -0.4 is 10.6 Å². The SMILES string of the molecule is Clc1cccc2c1C(C1CNCCN1)CCC2. The summed E-state index contributed by atoms with van der Waals surface area (Å²) in [5.41, 5.74) is 2.86. The molecule has 2 atom stereocenters. The quantitative estimate of drug-likeness (QED) is 0.800. The van der Waals surface area contributed by atoms with E-state index in [1.54, 1.807) is 0 Å². The summed E-state index contributed by atoms with van der Waals surface area (Å²) < 4.78 is 0. The zero-order chi connectivity index (χ0) is 11.7. The highest BCUT2D eigenvalue weighted by Gasteiger charge is 2.30. The van der Waals surface area contributed by atoms with Crippen LogP contribution in [-0.2, 0) is 6.42 Å².